The van der Waals surface area contributed by atoms with Crippen molar-refractivity contribution in [2.75, 3.05) is 6.61 Å². The Kier molecular flexibility index (Phi) is 5.92. The van der Waals surface area contributed by atoms with Crippen molar-refractivity contribution >= 4 is 53.5 Å². The van der Waals surface area contributed by atoms with Crippen LogP contribution in [0, 0.1) is 0 Å². The van der Waals surface area contributed by atoms with E-state index < -0.39 is 9.89 Å². The molecule has 0 saturated carbocycles. The maximum atomic E-state index is 10.7. The minimum absolute atomic E-state index is 0.302. The lowest BCUT2D eigenvalue weighted by molar-refractivity contribution is 0.152. The number of carbonyl (C=O) groups excluding carboxylic acids is 1. The molecule has 0 heterocycles. The first kappa shape index (κ1) is 12.2. The molecule has 1 N–H and O–H groups in total. The third-order valence-electron chi connectivity index (χ3n) is 0.643. The molecule has 1 amide bonds. The molecular weight excluding hydrogens is 244 g/mol. The van der Waals surface area contributed by atoms with E-state index in [1.807, 2.05) is 0 Å². The summed E-state index contributed by atoms with van der Waals surface area (Å²) in [5.41, 5.74) is 0. The molecule has 0 aliphatic carbocycles. The lowest BCUT2D eigenvalue weighted by Gasteiger charge is -2.10. The number of ether oxygens (including phenoxy) is 1. The molecule has 0 saturated heterocycles. The number of alkyl halides is 3. The number of nitrogens with one attached hydrogen (secondary N) is 1. The van der Waals surface area contributed by atoms with Gasteiger partial charge in [0.25, 0.3) is 0 Å². The van der Waals surface area contributed by atoms with Crippen LogP contribution in [-0.4, -0.2) is 16.5 Å². The van der Waals surface area contributed by atoms with Gasteiger partial charge in [-0.2, -0.15) is 0 Å². The Labute approximate surface area is 90.4 Å². The normalized spacial score (nSPS) is 11.7. The molecule has 12 heavy (non-hydrogen) atoms. The highest BCUT2D eigenvalue weighted by Crippen LogP contribution is 2.25. The van der Waals surface area contributed by atoms with Crippen molar-refractivity contribution in [3.8, 4) is 0 Å². The highest BCUT2D eigenvalue weighted by atomic mass is 35.6. The summed E-state index contributed by atoms with van der Waals surface area (Å²) in [5.74, 6) is 0. The fourth-order valence-corrected chi connectivity index (χ4v) is 0.533. The largest absolute Gasteiger partial charge is 0.445 e. The van der Waals surface area contributed by atoms with Crippen LogP contribution in [0.1, 0.15) is 0 Å². The highest BCUT2D eigenvalue weighted by Gasteiger charge is 2.21. The van der Waals surface area contributed by atoms with Crippen LogP contribution >= 0.6 is 47.4 Å². The topological polar surface area (TPSA) is 38.3 Å². The molecule has 0 aliphatic heterocycles. The van der Waals surface area contributed by atoms with Gasteiger partial charge in [-0.15, -0.1) is 12.6 Å². The number of alkyl carbamates (subject to hydrolysis) is 1. The van der Waals surface area contributed by atoms with Gasteiger partial charge in [-0.3, -0.25) is 5.32 Å². The van der Waals surface area contributed by atoms with Gasteiger partial charge in [-0.25, -0.2) is 4.79 Å². The van der Waals surface area contributed by atoms with Crippen LogP contribution in [0.25, 0.3) is 0 Å². The lowest BCUT2D eigenvalue weighted by Crippen LogP contribution is -2.23. The number of hydrogen-bond donors (Lipinski definition) is 2. The molecule has 0 aromatic heterocycles. The Hall–Kier alpha value is 0.230. The van der Waals surface area contributed by atoms with Crippen LogP contribution in [0.4, 0.5) is 4.79 Å². The average Bonchev–Trinajstić information content (AvgIpc) is 1.95. The zero-order valence-corrected chi connectivity index (χ0v) is 8.92. The van der Waals surface area contributed by atoms with Gasteiger partial charge < -0.3 is 4.74 Å². The Balaban J connectivity index is 3.58. The third-order valence-corrected chi connectivity index (χ3v) is 1.12. The Morgan fingerprint density at radius 1 is 1.58 bits per heavy atom. The highest BCUT2D eigenvalue weighted by molar-refractivity contribution is 7.83. The second-order valence-corrected chi connectivity index (χ2v) is 4.47. The van der Waals surface area contributed by atoms with E-state index >= 15 is 0 Å². The summed E-state index contributed by atoms with van der Waals surface area (Å²) in [7, 11) is 0. The molecule has 0 atom stereocenters. The molecule has 70 valence electrons. The average molecular weight is 251 g/mol. The maximum absolute atomic E-state index is 10.7. The SMILES string of the molecule is O=C(NC=CS)OCC(Cl)(Cl)Cl. The Bertz CT molecular complexity index is 180. The van der Waals surface area contributed by atoms with Gasteiger partial charge in [0.2, 0.25) is 3.79 Å². The van der Waals surface area contributed by atoms with Crippen molar-refractivity contribution in [3.63, 3.8) is 0 Å². The van der Waals surface area contributed by atoms with Crippen molar-refractivity contribution < 1.29 is 9.53 Å². The van der Waals surface area contributed by atoms with E-state index in [0.29, 0.717) is 0 Å². The van der Waals surface area contributed by atoms with Crippen LogP contribution in [-0.2, 0) is 4.74 Å². The fourth-order valence-electron chi connectivity index (χ4n) is 0.294. The second kappa shape index (κ2) is 5.80. The summed E-state index contributed by atoms with van der Waals surface area (Å²) in [6, 6.07) is 0. The van der Waals surface area contributed by atoms with Gasteiger partial charge in [0.1, 0.15) is 6.61 Å². The van der Waals surface area contributed by atoms with Crippen molar-refractivity contribution in [1.29, 1.82) is 0 Å². The number of hydrogen-bond acceptors (Lipinski definition) is 3. The Morgan fingerprint density at radius 2 is 2.17 bits per heavy atom. The summed E-state index contributed by atoms with van der Waals surface area (Å²) >= 11 is 19.6. The quantitative estimate of drug-likeness (QED) is 0.584. The van der Waals surface area contributed by atoms with Crippen molar-refractivity contribution in [2.24, 2.45) is 0 Å². The van der Waals surface area contributed by atoms with E-state index in [4.69, 9.17) is 34.8 Å². The molecule has 0 radical (unpaired) electrons. The fraction of sp³-hybridized carbons (Fsp3) is 0.400. The van der Waals surface area contributed by atoms with Gasteiger partial charge in [0.05, 0.1) is 0 Å². The van der Waals surface area contributed by atoms with Gasteiger partial charge in [0.15, 0.2) is 0 Å². The second-order valence-electron chi connectivity index (χ2n) is 1.65. The first-order valence-corrected chi connectivity index (χ1v) is 4.40. The Morgan fingerprint density at radius 3 is 2.58 bits per heavy atom. The van der Waals surface area contributed by atoms with Gasteiger partial charge in [0, 0.05) is 6.20 Å². The summed E-state index contributed by atoms with van der Waals surface area (Å²) in [5, 5.41) is 3.54. The minimum Gasteiger partial charge on any atom is -0.445 e. The van der Waals surface area contributed by atoms with Crippen LogP contribution in [0.3, 0.4) is 0 Å². The molecule has 3 nitrogen and oxygen atoms in total. The van der Waals surface area contributed by atoms with Gasteiger partial charge in [-0.1, -0.05) is 34.8 Å². The molecule has 0 aliphatic rings. The molecule has 0 bridgehead atoms. The number of amides is 1. The first-order chi connectivity index (χ1) is 5.45. The number of thiol groups is 1. The molecule has 7 heteroatoms. The van der Waals surface area contributed by atoms with Crippen LogP contribution in [0.2, 0.25) is 0 Å². The van der Waals surface area contributed by atoms with E-state index in [-0.39, 0.29) is 6.61 Å². The summed E-state index contributed by atoms with van der Waals surface area (Å²) < 4.78 is 2.90. The van der Waals surface area contributed by atoms with E-state index in [1.165, 1.54) is 11.6 Å². The van der Waals surface area contributed by atoms with Crippen molar-refractivity contribution in [3.05, 3.63) is 11.6 Å². The summed E-state index contributed by atoms with van der Waals surface area (Å²) in [6.45, 7) is -0.302. The zero-order chi connectivity index (χ0) is 9.61. The molecule has 0 rings (SSSR count). The summed E-state index contributed by atoms with van der Waals surface area (Å²) in [6.07, 6.45) is 0.579. The lowest BCUT2D eigenvalue weighted by atomic mass is 10.8. The van der Waals surface area contributed by atoms with Crippen LogP contribution in [0.15, 0.2) is 11.6 Å². The number of carbonyl (C=O) groups is 1. The zero-order valence-electron chi connectivity index (χ0n) is 5.76. The number of halogens is 3. The first-order valence-electron chi connectivity index (χ1n) is 2.75. The monoisotopic (exact) mass is 249 g/mol. The molecule has 0 unspecified atom stereocenters. The van der Waals surface area contributed by atoms with E-state index in [0.717, 1.165) is 0 Å². The standard InChI is InChI=1S/C5H6Cl3NO2S/c6-5(7,8)3-11-4(10)9-1-2-12/h1-2,12H,3H2,(H,9,10). The molecular formula is C5H6Cl3NO2S. The minimum atomic E-state index is -1.58. The maximum Gasteiger partial charge on any atom is 0.411 e. The smallest absolute Gasteiger partial charge is 0.411 e. The molecule has 0 aromatic rings. The van der Waals surface area contributed by atoms with Crippen molar-refractivity contribution in [2.45, 2.75) is 3.79 Å². The van der Waals surface area contributed by atoms with Crippen molar-refractivity contribution in [1.82, 2.24) is 5.32 Å². The predicted molar refractivity (Wildman–Crippen MR) is 52.9 cm³/mol. The number of rotatable bonds is 2. The molecule has 0 spiro atoms. The van der Waals surface area contributed by atoms with Gasteiger partial charge in [-0.05, 0) is 5.41 Å². The van der Waals surface area contributed by atoms with Crippen LogP contribution < -0.4 is 5.32 Å². The van der Waals surface area contributed by atoms with E-state index in [9.17, 15) is 4.79 Å². The molecule has 0 aromatic carbocycles. The summed E-state index contributed by atoms with van der Waals surface area (Å²) in [4.78, 5) is 10.7. The predicted octanol–water partition coefficient (Wildman–Crippen LogP) is 2.48. The molecule has 0 fully saturated rings. The van der Waals surface area contributed by atoms with Gasteiger partial charge >= 0.3 is 6.09 Å². The van der Waals surface area contributed by atoms with Crippen LogP contribution in [0.5, 0.6) is 0 Å². The van der Waals surface area contributed by atoms with E-state index in [1.54, 1.807) is 0 Å². The van der Waals surface area contributed by atoms with E-state index in [2.05, 4.69) is 22.7 Å². The third kappa shape index (κ3) is 8.33.